The van der Waals surface area contributed by atoms with Crippen molar-refractivity contribution in [1.82, 2.24) is 10.6 Å². The second-order valence-electron chi connectivity index (χ2n) is 8.24. The number of hydrogen-bond donors (Lipinski definition) is 2. The van der Waals surface area contributed by atoms with Crippen LogP contribution in [0.25, 0.3) is 0 Å². The third-order valence-corrected chi connectivity index (χ3v) is 4.71. The summed E-state index contributed by atoms with van der Waals surface area (Å²) in [4.78, 5) is 23.8. The van der Waals surface area contributed by atoms with Gasteiger partial charge in [0.05, 0.1) is 18.1 Å². The van der Waals surface area contributed by atoms with Crippen LogP contribution in [0, 0.1) is 11.8 Å². The van der Waals surface area contributed by atoms with Crippen LogP contribution >= 0.6 is 0 Å². The zero-order valence-corrected chi connectivity index (χ0v) is 20.9. The number of amides is 1. The fourth-order valence-corrected chi connectivity index (χ4v) is 3.13. The van der Waals surface area contributed by atoms with Crippen molar-refractivity contribution in [3.8, 4) is 0 Å². The van der Waals surface area contributed by atoms with Crippen LogP contribution in [0.1, 0.15) is 85.5 Å². The Morgan fingerprint density at radius 2 is 1.50 bits per heavy atom. The summed E-state index contributed by atoms with van der Waals surface area (Å²) in [6.07, 6.45) is 11.9. The van der Waals surface area contributed by atoms with Gasteiger partial charge >= 0.3 is 29.6 Å². The molecule has 5 nitrogen and oxygen atoms in total. The van der Waals surface area contributed by atoms with E-state index in [4.69, 9.17) is 0 Å². The molecule has 0 aromatic carbocycles. The number of unbranched alkanes of at least 4 members (excludes halogenated alkanes) is 7. The summed E-state index contributed by atoms with van der Waals surface area (Å²) in [5.74, 6) is -1.19. The van der Waals surface area contributed by atoms with E-state index in [-0.39, 0.29) is 53.3 Å². The molecule has 1 amide bonds. The van der Waals surface area contributed by atoms with Crippen LogP contribution in [-0.4, -0.2) is 30.5 Å². The number of carboxylic acid groups (broad SMARTS) is 1. The van der Waals surface area contributed by atoms with Crippen LogP contribution in [-0.2, 0) is 9.59 Å². The summed E-state index contributed by atoms with van der Waals surface area (Å²) < 4.78 is 0. The Labute approximate surface area is 194 Å². The first-order valence-electron chi connectivity index (χ1n) is 10.6. The van der Waals surface area contributed by atoms with E-state index in [2.05, 4.69) is 17.2 Å². The van der Waals surface area contributed by atoms with Crippen LogP contribution in [0.15, 0.2) is 12.7 Å². The van der Waals surface area contributed by atoms with Crippen molar-refractivity contribution in [2.75, 3.05) is 6.54 Å². The third kappa shape index (κ3) is 15.5. The van der Waals surface area contributed by atoms with Gasteiger partial charge in [0.15, 0.2) is 0 Å². The van der Waals surface area contributed by atoms with Crippen molar-refractivity contribution in [3.63, 3.8) is 0 Å². The van der Waals surface area contributed by atoms with Gasteiger partial charge in [-0.25, -0.2) is 0 Å². The van der Waals surface area contributed by atoms with Gasteiger partial charge in [0, 0.05) is 0 Å². The number of carbonyl (C=O) groups excluding carboxylic acids is 2. The molecule has 0 aromatic heterocycles. The summed E-state index contributed by atoms with van der Waals surface area (Å²) in [6.45, 7) is 12.3. The molecule has 0 radical (unpaired) electrons. The van der Waals surface area contributed by atoms with Gasteiger partial charge in [0.25, 0.3) is 0 Å². The molecular weight excluding hydrogens is 363 g/mol. The molecule has 0 aromatic rings. The minimum atomic E-state index is -1.22. The van der Waals surface area contributed by atoms with Gasteiger partial charge in [-0.15, -0.1) is 6.58 Å². The van der Waals surface area contributed by atoms with Gasteiger partial charge in [-0.3, -0.25) is 4.79 Å². The van der Waals surface area contributed by atoms with E-state index in [1.54, 1.807) is 0 Å². The molecule has 158 valence electrons. The molecule has 0 saturated carbocycles. The summed E-state index contributed by atoms with van der Waals surface area (Å²) in [5.41, 5.74) is 0. The zero-order valence-electron chi connectivity index (χ0n) is 18.9. The summed E-state index contributed by atoms with van der Waals surface area (Å²) >= 11 is 0. The predicted molar refractivity (Wildman–Crippen MR) is 110 cm³/mol. The molecule has 0 aliphatic heterocycles. The number of nitrogens with one attached hydrogen (secondary N) is 2. The SMILES string of the molecule is C=CCCCCCCCCCN[C@H](C(=O)N[C@@H](CC(C)C)C(=O)[O-])C(C)C.[Na+]. The molecule has 6 heteroatoms. The molecule has 0 fully saturated rings. The quantitative estimate of drug-likeness (QED) is 0.206. The first-order valence-corrected chi connectivity index (χ1v) is 10.6. The Kier molecular flexibility index (Phi) is 19.9. The smallest absolute Gasteiger partial charge is 0.548 e. The van der Waals surface area contributed by atoms with E-state index in [0.717, 1.165) is 25.8 Å². The maximum absolute atomic E-state index is 12.5. The Morgan fingerprint density at radius 1 is 0.964 bits per heavy atom. The number of allylic oxidation sites excluding steroid dienone is 1. The van der Waals surface area contributed by atoms with Crippen LogP contribution in [0.2, 0.25) is 0 Å². The molecule has 0 saturated heterocycles. The van der Waals surface area contributed by atoms with E-state index in [1.807, 2.05) is 33.8 Å². The second kappa shape index (κ2) is 18.7. The second-order valence-corrected chi connectivity index (χ2v) is 8.24. The van der Waals surface area contributed by atoms with Gasteiger partial charge in [-0.05, 0) is 44.1 Å². The average Bonchev–Trinajstić information content (AvgIpc) is 2.58. The fourth-order valence-electron chi connectivity index (χ4n) is 3.13. The molecule has 0 aliphatic rings. The maximum Gasteiger partial charge on any atom is 1.00 e. The van der Waals surface area contributed by atoms with E-state index in [0.29, 0.717) is 6.42 Å². The van der Waals surface area contributed by atoms with E-state index < -0.39 is 12.0 Å². The molecule has 0 rings (SSSR count). The minimum absolute atomic E-state index is 0. The topological polar surface area (TPSA) is 81.3 Å². The molecule has 28 heavy (non-hydrogen) atoms. The number of rotatable bonds is 17. The number of hydrogen-bond acceptors (Lipinski definition) is 4. The molecule has 0 unspecified atom stereocenters. The Morgan fingerprint density at radius 3 is 1.96 bits per heavy atom. The average molecular weight is 405 g/mol. The van der Waals surface area contributed by atoms with Crippen LogP contribution in [0.4, 0.5) is 0 Å². The normalized spacial score (nSPS) is 13.1. The van der Waals surface area contributed by atoms with Crippen molar-refractivity contribution in [3.05, 3.63) is 12.7 Å². The molecule has 0 spiro atoms. The zero-order chi connectivity index (χ0) is 20.7. The Balaban J connectivity index is 0. The van der Waals surface area contributed by atoms with Gasteiger partial charge in [-0.2, -0.15) is 0 Å². The van der Waals surface area contributed by atoms with E-state index in [9.17, 15) is 14.7 Å². The summed E-state index contributed by atoms with van der Waals surface area (Å²) in [6, 6.07) is -1.31. The van der Waals surface area contributed by atoms with Gasteiger partial charge in [0.2, 0.25) is 5.91 Å². The Hall–Kier alpha value is -0.360. The van der Waals surface area contributed by atoms with Gasteiger partial charge in [0.1, 0.15) is 0 Å². The van der Waals surface area contributed by atoms with E-state index in [1.165, 1.54) is 32.1 Å². The molecule has 0 aliphatic carbocycles. The summed E-state index contributed by atoms with van der Waals surface area (Å²) in [7, 11) is 0. The predicted octanol–water partition coefficient (Wildman–Crippen LogP) is 0.192. The molecular formula is C22H41N2NaO3. The van der Waals surface area contributed by atoms with E-state index >= 15 is 0 Å². The molecule has 2 N–H and O–H groups in total. The van der Waals surface area contributed by atoms with Crippen molar-refractivity contribution in [1.29, 1.82) is 0 Å². The molecule has 2 atom stereocenters. The first kappa shape index (κ1) is 29.8. The fraction of sp³-hybridized carbons (Fsp3) is 0.818. The molecule has 0 bridgehead atoms. The standard InChI is InChI=1S/C22H42N2O3.Na/c1-6-7-8-9-10-11-12-13-14-15-23-20(18(4)5)21(25)24-19(22(26)27)16-17(2)3;/h6,17-20,23H,1,7-16H2,2-5H3,(H,24,25)(H,26,27);/q;+1/p-1/t19-,20-;/m0./s1. The van der Waals surface area contributed by atoms with Gasteiger partial charge < -0.3 is 20.5 Å². The number of carbonyl (C=O) groups is 2. The first-order chi connectivity index (χ1) is 12.8. The number of carboxylic acids is 1. The minimum Gasteiger partial charge on any atom is -0.548 e. The summed E-state index contributed by atoms with van der Waals surface area (Å²) in [5, 5.41) is 17.2. The van der Waals surface area contributed by atoms with Gasteiger partial charge in [-0.1, -0.05) is 65.9 Å². The largest absolute Gasteiger partial charge is 1.00 e. The van der Waals surface area contributed by atoms with Crippen molar-refractivity contribution in [2.45, 2.75) is 97.6 Å². The third-order valence-electron chi connectivity index (χ3n) is 4.71. The monoisotopic (exact) mass is 404 g/mol. The van der Waals surface area contributed by atoms with Crippen LogP contribution in [0.3, 0.4) is 0 Å². The molecule has 0 heterocycles. The van der Waals surface area contributed by atoms with Crippen molar-refractivity contribution in [2.24, 2.45) is 11.8 Å². The van der Waals surface area contributed by atoms with Crippen molar-refractivity contribution >= 4 is 11.9 Å². The maximum atomic E-state index is 12.5. The number of aliphatic carboxylic acids is 1. The van der Waals surface area contributed by atoms with Crippen molar-refractivity contribution < 1.29 is 44.3 Å². The van der Waals surface area contributed by atoms with Crippen LogP contribution in [0.5, 0.6) is 0 Å². The van der Waals surface area contributed by atoms with Crippen LogP contribution < -0.4 is 45.3 Å². The Bertz CT molecular complexity index is 428.